The summed E-state index contributed by atoms with van der Waals surface area (Å²) in [6, 6.07) is 4.18. The molecule has 3 rings (SSSR count). The van der Waals surface area contributed by atoms with E-state index >= 15 is 0 Å². The average molecular weight is 263 g/mol. The van der Waals surface area contributed by atoms with Gasteiger partial charge >= 0.3 is 0 Å². The minimum absolute atomic E-state index is 0.654. The van der Waals surface area contributed by atoms with E-state index in [1.54, 1.807) is 22.7 Å². The molecule has 0 amide bonds. The van der Waals surface area contributed by atoms with Crippen molar-refractivity contribution in [2.24, 2.45) is 5.73 Å². The monoisotopic (exact) mass is 263 g/mol. The molecule has 0 spiro atoms. The van der Waals surface area contributed by atoms with E-state index in [-0.39, 0.29) is 0 Å². The Balaban J connectivity index is 2.27. The number of nitrogens with two attached hydrogens (primary N) is 1. The lowest BCUT2D eigenvalue weighted by Crippen LogP contribution is -2.06. The number of hydrogen-bond acceptors (Lipinski definition) is 4. The first kappa shape index (κ1) is 11.0. The molecule has 0 atom stereocenters. The predicted molar refractivity (Wildman–Crippen MR) is 73.9 cm³/mol. The van der Waals surface area contributed by atoms with Gasteiger partial charge in [-0.3, -0.25) is 4.40 Å². The molecule has 0 aliphatic carbocycles. The maximum Gasteiger partial charge on any atom is 0.194 e. The van der Waals surface area contributed by atoms with Gasteiger partial charge in [-0.1, -0.05) is 6.07 Å². The quantitative estimate of drug-likeness (QED) is 0.789. The third-order valence-electron chi connectivity index (χ3n) is 2.77. The van der Waals surface area contributed by atoms with Crippen molar-refractivity contribution in [3.8, 4) is 10.6 Å². The molecule has 5 heteroatoms. The molecule has 0 radical (unpaired) electrons. The normalized spacial score (nSPS) is 11.4. The second-order valence-corrected chi connectivity index (χ2v) is 5.70. The van der Waals surface area contributed by atoms with Crippen molar-refractivity contribution in [2.75, 3.05) is 6.54 Å². The number of aryl methyl sites for hydroxylation is 1. The van der Waals surface area contributed by atoms with Crippen LogP contribution in [-0.2, 0) is 6.42 Å². The minimum atomic E-state index is 0.654. The Morgan fingerprint density at radius 2 is 2.29 bits per heavy atom. The topological polar surface area (TPSA) is 43.3 Å². The Bertz CT molecular complexity index is 634. The zero-order chi connectivity index (χ0) is 11.8. The van der Waals surface area contributed by atoms with Gasteiger partial charge in [-0.25, -0.2) is 4.98 Å². The van der Waals surface area contributed by atoms with Gasteiger partial charge in [0.1, 0.15) is 5.69 Å². The number of nitrogens with zero attached hydrogens (tertiary/aromatic N) is 2. The van der Waals surface area contributed by atoms with Crippen LogP contribution in [0.3, 0.4) is 0 Å². The van der Waals surface area contributed by atoms with Crippen molar-refractivity contribution in [2.45, 2.75) is 13.3 Å². The molecule has 3 aromatic heterocycles. The minimum Gasteiger partial charge on any atom is -0.330 e. The summed E-state index contributed by atoms with van der Waals surface area (Å²) >= 11 is 3.42. The van der Waals surface area contributed by atoms with Crippen LogP contribution in [-0.4, -0.2) is 15.9 Å². The third kappa shape index (κ3) is 1.71. The highest BCUT2D eigenvalue weighted by atomic mass is 32.1. The zero-order valence-electron chi connectivity index (χ0n) is 9.51. The van der Waals surface area contributed by atoms with Gasteiger partial charge < -0.3 is 5.73 Å². The molecular weight excluding hydrogens is 250 g/mol. The number of fused-ring (bicyclic) bond motifs is 1. The molecule has 0 aromatic carbocycles. The second-order valence-electron chi connectivity index (χ2n) is 3.92. The van der Waals surface area contributed by atoms with Crippen molar-refractivity contribution in [1.82, 2.24) is 9.38 Å². The maximum atomic E-state index is 5.72. The van der Waals surface area contributed by atoms with Crippen LogP contribution in [0.4, 0.5) is 0 Å². The fourth-order valence-electron chi connectivity index (χ4n) is 2.04. The molecule has 0 unspecified atom stereocenters. The predicted octanol–water partition coefficient (Wildman–Crippen LogP) is 2.93. The van der Waals surface area contributed by atoms with Crippen molar-refractivity contribution in [1.29, 1.82) is 0 Å². The molecule has 0 saturated heterocycles. The fourth-order valence-corrected chi connectivity index (χ4v) is 3.66. The molecule has 2 N–H and O–H groups in total. The molecule has 0 fully saturated rings. The average Bonchev–Trinajstić information content (AvgIpc) is 2.98. The van der Waals surface area contributed by atoms with Crippen LogP contribution in [0.2, 0.25) is 0 Å². The second kappa shape index (κ2) is 4.25. The van der Waals surface area contributed by atoms with Crippen molar-refractivity contribution >= 4 is 27.6 Å². The molecule has 0 bridgehead atoms. The Morgan fingerprint density at radius 3 is 3.00 bits per heavy atom. The van der Waals surface area contributed by atoms with E-state index < -0.39 is 0 Å². The number of rotatable bonds is 3. The molecule has 0 aliphatic heterocycles. The van der Waals surface area contributed by atoms with E-state index in [9.17, 15) is 0 Å². The van der Waals surface area contributed by atoms with E-state index in [0.717, 1.165) is 17.1 Å². The van der Waals surface area contributed by atoms with E-state index in [0.29, 0.717) is 6.54 Å². The molecule has 0 saturated carbocycles. The number of aromatic nitrogens is 2. The molecule has 3 aromatic rings. The SMILES string of the molecule is Cc1csc2nc(-c3cccs3)c(CCN)n12. The lowest BCUT2D eigenvalue weighted by Gasteiger charge is -2.02. The summed E-state index contributed by atoms with van der Waals surface area (Å²) < 4.78 is 2.23. The molecule has 0 aliphatic rings. The van der Waals surface area contributed by atoms with Crippen molar-refractivity contribution in [3.63, 3.8) is 0 Å². The zero-order valence-corrected chi connectivity index (χ0v) is 11.1. The van der Waals surface area contributed by atoms with E-state index in [2.05, 4.69) is 34.2 Å². The smallest absolute Gasteiger partial charge is 0.194 e. The van der Waals surface area contributed by atoms with Crippen LogP contribution in [0, 0.1) is 6.92 Å². The number of imidazole rings is 1. The van der Waals surface area contributed by atoms with Gasteiger partial charge in [0.25, 0.3) is 0 Å². The van der Waals surface area contributed by atoms with E-state index in [4.69, 9.17) is 10.7 Å². The van der Waals surface area contributed by atoms with Crippen LogP contribution in [0.25, 0.3) is 15.5 Å². The van der Waals surface area contributed by atoms with Gasteiger partial charge in [0.15, 0.2) is 4.96 Å². The van der Waals surface area contributed by atoms with Gasteiger partial charge in [-0.2, -0.15) is 0 Å². The molecule has 88 valence electrons. The summed E-state index contributed by atoms with van der Waals surface area (Å²) in [5, 5.41) is 4.22. The van der Waals surface area contributed by atoms with Gasteiger partial charge in [0, 0.05) is 17.5 Å². The van der Waals surface area contributed by atoms with E-state index in [1.807, 2.05) is 0 Å². The van der Waals surface area contributed by atoms with Gasteiger partial charge in [-0.05, 0) is 24.9 Å². The summed E-state index contributed by atoms with van der Waals surface area (Å²) in [5.74, 6) is 0. The van der Waals surface area contributed by atoms with Crippen molar-refractivity contribution < 1.29 is 0 Å². The lowest BCUT2D eigenvalue weighted by atomic mass is 10.2. The van der Waals surface area contributed by atoms with Crippen LogP contribution in [0.15, 0.2) is 22.9 Å². The van der Waals surface area contributed by atoms with Crippen LogP contribution in [0.1, 0.15) is 11.4 Å². The molecule has 3 nitrogen and oxygen atoms in total. The highest BCUT2D eigenvalue weighted by Crippen LogP contribution is 2.31. The first-order chi connectivity index (χ1) is 8.31. The molecule has 17 heavy (non-hydrogen) atoms. The Hall–Kier alpha value is -1.17. The van der Waals surface area contributed by atoms with Crippen molar-refractivity contribution in [3.05, 3.63) is 34.3 Å². The van der Waals surface area contributed by atoms with Gasteiger partial charge in [0.2, 0.25) is 0 Å². The summed E-state index contributed by atoms with van der Waals surface area (Å²) in [7, 11) is 0. The van der Waals surface area contributed by atoms with Gasteiger partial charge in [0.05, 0.1) is 10.6 Å². The van der Waals surface area contributed by atoms with Gasteiger partial charge in [-0.15, -0.1) is 22.7 Å². The van der Waals surface area contributed by atoms with Crippen LogP contribution >= 0.6 is 22.7 Å². The molecule has 3 heterocycles. The maximum absolute atomic E-state index is 5.72. The van der Waals surface area contributed by atoms with E-state index in [1.165, 1.54) is 16.3 Å². The largest absolute Gasteiger partial charge is 0.330 e. The Labute approximate surface area is 108 Å². The van der Waals surface area contributed by atoms with Crippen LogP contribution < -0.4 is 5.73 Å². The summed E-state index contributed by atoms with van der Waals surface area (Å²) in [5.41, 5.74) is 9.29. The summed E-state index contributed by atoms with van der Waals surface area (Å²) in [4.78, 5) is 7.02. The fraction of sp³-hybridized carbons (Fsp3) is 0.250. The highest BCUT2D eigenvalue weighted by Gasteiger charge is 2.16. The highest BCUT2D eigenvalue weighted by molar-refractivity contribution is 7.15. The lowest BCUT2D eigenvalue weighted by molar-refractivity contribution is 0.898. The first-order valence-corrected chi connectivity index (χ1v) is 7.26. The number of thiazole rings is 1. The standard InChI is InChI=1S/C12H13N3S2/c1-8-7-17-12-14-11(10-3-2-6-16-10)9(4-5-13)15(8)12/h2-3,6-7H,4-5,13H2,1H3. The summed E-state index contributed by atoms with van der Waals surface area (Å²) in [6.07, 6.45) is 0.867. The number of thiophene rings is 1. The Morgan fingerprint density at radius 1 is 1.41 bits per heavy atom. The number of hydrogen-bond donors (Lipinski definition) is 1. The van der Waals surface area contributed by atoms with Crippen LogP contribution in [0.5, 0.6) is 0 Å². The molecular formula is C12H13N3S2. The summed E-state index contributed by atoms with van der Waals surface area (Å²) in [6.45, 7) is 2.77. The third-order valence-corrected chi connectivity index (χ3v) is 4.59. The Kier molecular flexibility index (Phi) is 2.74. The first-order valence-electron chi connectivity index (χ1n) is 5.50.